The van der Waals surface area contributed by atoms with Gasteiger partial charge in [0.1, 0.15) is 5.92 Å². The van der Waals surface area contributed by atoms with Crippen LogP contribution in [0.2, 0.25) is 5.02 Å². The van der Waals surface area contributed by atoms with E-state index in [-0.39, 0.29) is 11.8 Å². The fourth-order valence-corrected chi connectivity index (χ4v) is 4.63. The Hall–Kier alpha value is -3.15. The number of halogens is 1. The number of nitrogens with zero attached hydrogens (tertiary/aromatic N) is 2. The van der Waals surface area contributed by atoms with Gasteiger partial charge < -0.3 is 0 Å². The Morgan fingerprint density at radius 2 is 1.58 bits per heavy atom. The SMILES string of the molecule is Cc1ccc(N2C(=O)[C@@H]3[C@@H](ON(c4ccccc4)[C@H]3c3ccc(Cl)cc3)C2=O)c(C)c1. The molecule has 0 aromatic heterocycles. The number of hydrogen-bond acceptors (Lipinski definition) is 4. The summed E-state index contributed by atoms with van der Waals surface area (Å²) in [5, 5.41) is 2.30. The number of amides is 2. The fraction of sp³-hybridized carbons (Fsp3) is 0.200. The van der Waals surface area contributed by atoms with Crippen molar-refractivity contribution in [2.45, 2.75) is 26.0 Å². The quantitative estimate of drug-likeness (QED) is 0.546. The maximum Gasteiger partial charge on any atom is 0.266 e. The minimum atomic E-state index is -0.880. The molecule has 2 fully saturated rings. The standard InChI is InChI=1S/C25H21ClN2O3/c1-15-8-13-20(16(2)14-15)27-24(29)21-22(17-9-11-18(26)12-10-17)28(31-23(21)25(27)30)19-6-4-3-5-7-19/h3-14,21-23H,1-2H3/t21-,22-,23+/m0/s1. The summed E-state index contributed by atoms with van der Waals surface area (Å²) in [6.45, 7) is 3.89. The molecule has 0 N–H and O–H groups in total. The van der Waals surface area contributed by atoms with E-state index >= 15 is 0 Å². The Bertz CT molecular complexity index is 1160. The minimum absolute atomic E-state index is 0.250. The molecule has 3 atom stereocenters. The second-order valence-corrected chi connectivity index (χ2v) is 8.45. The van der Waals surface area contributed by atoms with Gasteiger partial charge >= 0.3 is 0 Å². The number of fused-ring (bicyclic) bond motifs is 1. The van der Waals surface area contributed by atoms with Crippen LogP contribution < -0.4 is 9.96 Å². The molecule has 2 saturated heterocycles. The van der Waals surface area contributed by atoms with E-state index in [1.54, 1.807) is 17.2 Å². The zero-order valence-electron chi connectivity index (χ0n) is 17.2. The third-order valence-electron chi connectivity index (χ3n) is 5.93. The summed E-state index contributed by atoms with van der Waals surface area (Å²) in [5.41, 5.74) is 4.22. The predicted molar refractivity (Wildman–Crippen MR) is 120 cm³/mol. The van der Waals surface area contributed by atoms with Crippen molar-refractivity contribution in [2.75, 3.05) is 9.96 Å². The first-order valence-electron chi connectivity index (χ1n) is 10.2. The summed E-state index contributed by atoms with van der Waals surface area (Å²) < 4.78 is 0. The average molecular weight is 433 g/mol. The van der Waals surface area contributed by atoms with Crippen molar-refractivity contribution in [1.82, 2.24) is 0 Å². The molecule has 156 valence electrons. The van der Waals surface area contributed by atoms with Gasteiger partial charge in [-0.05, 0) is 55.3 Å². The molecule has 5 rings (SSSR count). The lowest BCUT2D eigenvalue weighted by Gasteiger charge is -2.29. The van der Waals surface area contributed by atoms with Gasteiger partial charge in [0.25, 0.3) is 5.91 Å². The molecule has 0 spiro atoms. The van der Waals surface area contributed by atoms with Crippen LogP contribution in [0.5, 0.6) is 0 Å². The van der Waals surface area contributed by atoms with Crippen molar-refractivity contribution in [2.24, 2.45) is 5.92 Å². The molecule has 0 bridgehead atoms. The van der Waals surface area contributed by atoms with Crippen molar-refractivity contribution in [3.63, 3.8) is 0 Å². The molecule has 0 unspecified atom stereocenters. The molecular weight excluding hydrogens is 412 g/mol. The van der Waals surface area contributed by atoms with Gasteiger partial charge in [0.15, 0.2) is 6.10 Å². The fourth-order valence-electron chi connectivity index (χ4n) is 4.51. The molecule has 2 aliphatic heterocycles. The lowest BCUT2D eigenvalue weighted by molar-refractivity contribution is -0.126. The summed E-state index contributed by atoms with van der Waals surface area (Å²) >= 11 is 6.09. The van der Waals surface area contributed by atoms with Crippen LogP contribution >= 0.6 is 11.6 Å². The number of para-hydroxylation sites is 1. The van der Waals surface area contributed by atoms with Crippen molar-refractivity contribution in [1.29, 1.82) is 0 Å². The van der Waals surface area contributed by atoms with E-state index in [0.717, 1.165) is 22.4 Å². The van der Waals surface area contributed by atoms with Crippen LogP contribution in [-0.2, 0) is 14.4 Å². The zero-order chi connectivity index (χ0) is 21.7. The van der Waals surface area contributed by atoms with E-state index in [2.05, 4.69) is 0 Å². The third kappa shape index (κ3) is 3.21. The van der Waals surface area contributed by atoms with Gasteiger partial charge in [-0.2, -0.15) is 0 Å². The molecule has 0 radical (unpaired) electrons. The van der Waals surface area contributed by atoms with Crippen LogP contribution in [0.25, 0.3) is 0 Å². The van der Waals surface area contributed by atoms with Gasteiger partial charge in [-0.1, -0.05) is 59.6 Å². The Morgan fingerprint density at radius 3 is 2.26 bits per heavy atom. The summed E-state index contributed by atoms with van der Waals surface area (Å²) in [5.74, 6) is -1.24. The lowest BCUT2D eigenvalue weighted by Crippen LogP contribution is -2.37. The van der Waals surface area contributed by atoms with Gasteiger partial charge in [0.05, 0.1) is 17.4 Å². The first-order valence-corrected chi connectivity index (χ1v) is 10.5. The van der Waals surface area contributed by atoms with E-state index < -0.39 is 18.1 Å². The molecule has 2 heterocycles. The number of hydroxylamine groups is 1. The largest absolute Gasteiger partial charge is 0.273 e. The maximum absolute atomic E-state index is 13.6. The van der Waals surface area contributed by atoms with E-state index in [1.807, 2.05) is 74.5 Å². The Morgan fingerprint density at radius 1 is 0.871 bits per heavy atom. The van der Waals surface area contributed by atoms with E-state index in [1.165, 1.54) is 4.90 Å². The van der Waals surface area contributed by atoms with Gasteiger partial charge in [-0.25, -0.2) is 9.96 Å². The highest BCUT2D eigenvalue weighted by Crippen LogP contribution is 2.48. The highest BCUT2D eigenvalue weighted by molar-refractivity contribution is 6.30. The summed E-state index contributed by atoms with van der Waals surface area (Å²) in [4.78, 5) is 34.5. The van der Waals surface area contributed by atoms with Crippen LogP contribution in [0.1, 0.15) is 22.7 Å². The first kappa shape index (κ1) is 19.8. The molecule has 2 amide bonds. The van der Waals surface area contributed by atoms with E-state index in [4.69, 9.17) is 16.4 Å². The van der Waals surface area contributed by atoms with Crippen LogP contribution in [0.3, 0.4) is 0 Å². The molecule has 5 nitrogen and oxygen atoms in total. The molecular formula is C25H21ClN2O3. The van der Waals surface area contributed by atoms with Gasteiger partial charge in [0.2, 0.25) is 5.91 Å². The van der Waals surface area contributed by atoms with Crippen LogP contribution in [-0.4, -0.2) is 17.9 Å². The van der Waals surface area contributed by atoms with Crippen LogP contribution in [0.4, 0.5) is 11.4 Å². The monoisotopic (exact) mass is 432 g/mol. The number of imide groups is 1. The summed E-state index contributed by atoms with van der Waals surface area (Å²) in [7, 11) is 0. The number of aryl methyl sites for hydroxylation is 2. The average Bonchev–Trinajstić information content (AvgIpc) is 3.26. The number of carbonyl (C=O) groups is 2. The van der Waals surface area contributed by atoms with E-state index in [9.17, 15) is 9.59 Å². The van der Waals surface area contributed by atoms with Gasteiger partial charge in [-0.15, -0.1) is 0 Å². The molecule has 3 aromatic rings. The smallest absolute Gasteiger partial charge is 0.266 e. The number of benzene rings is 3. The first-order chi connectivity index (χ1) is 15.0. The van der Waals surface area contributed by atoms with Crippen molar-refractivity contribution >= 4 is 34.8 Å². The molecule has 6 heteroatoms. The van der Waals surface area contributed by atoms with E-state index in [0.29, 0.717) is 10.7 Å². The predicted octanol–water partition coefficient (Wildman–Crippen LogP) is 5.01. The number of carbonyl (C=O) groups excluding carboxylic acids is 2. The van der Waals surface area contributed by atoms with Crippen molar-refractivity contribution in [3.8, 4) is 0 Å². The van der Waals surface area contributed by atoms with Crippen LogP contribution in [0.15, 0.2) is 72.8 Å². The number of anilines is 2. The van der Waals surface area contributed by atoms with Gasteiger partial charge in [-0.3, -0.25) is 14.4 Å². The topological polar surface area (TPSA) is 49.9 Å². The van der Waals surface area contributed by atoms with Gasteiger partial charge in [0, 0.05) is 5.02 Å². The van der Waals surface area contributed by atoms with Crippen molar-refractivity contribution in [3.05, 3.63) is 94.5 Å². The second kappa shape index (κ2) is 7.52. The Kier molecular flexibility index (Phi) is 4.80. The highest BCUT2D eigenvalue weighted by Gasteiger charge is 2.60. The Balaban J connectivity index is 1.59. The lowest BCUT2D eigenvalue weighted by atomic mass is 9.90. The summed E-state index contributed by atoms with van der Waals surface area (Å²) in [6.07, 6.45) is -0.880. The zero-order valence-corrected chi connectivity index (χ0v) is 17.9. The maximum atomic E-state index is 13.6. The van der Waals surface area contributed by atoms with Crippen molar-refractivity contribution < 1.29 is 14.4 Å². The van der Waals surface area contributed by atoms with Crippen LogP contribution in [0, 0.1) is 19.8 Å². The Labute approximate surface area is 185 Å². The normalized spacial score (nSPS) is 22.9. The molecule has 31 heavy (non-hydrogen) atoms. The second-order valence-electron chi connectivity index (χ2n) is 8.01. The molecule has 3 aromatic carbocycles. The third-order valence-corrected chi connectivity index (χ3v) is 6.18. The minimum Gasteiger partial charge on any atom is -0.273 e. The molecule has 2 aliphatic rings. The highest BCUT2D eigenvalue weighted by atomic mass is 35.5. The summed E-state index contributed by atoms with van der Waals surface area (Å²) in [6, 6.07) is 22.1. The molecule has 0 aliphatic carbocycles. The molecule has 0 saturated carbocycles. The number of rotatable bonds is 3. The number of hydrogen-bond donors (Lipinski definition) is 0.